The maximum absolute atomic E-state index is 11.1. The van der Waals surface area contributed by atoms with E-state index in [2.05, 4.69) is 5.32 Å². The van der Waals surface area contributed by atoms with Gasteiger partial charge in [-0.05, 0) is 12.8 Å². The molecule has 0 amide bonds. The van der Waals surface area contributed by atoms with Gasteiger partial charge in [-0.3, -0.25) is 4.79 Å². The molecule has 0 radical (unpaired) electrons. The lowest BCUT2D eigenvalue weighted by Crippen LogP contribution is -2.43. The summed E-state index contributed by atoms with van der Waals surface area (Å²) in [5.41, 5.74) is 6.35. The molecule has 4 heteroatoms. The van der Waals surface area contributed by atoms with E-state index >= 15 is 0 Å². The SMILES string of the molecule is N[C@H]1CNC(CCCO)=CC1=O. The number of nitrogens with two attached hydrogens (primary N) is 1. The number of carbonyl (C=O) groups is 1. The first kappa shape index (κ1) is 9.22. The quantitative estimate of drug-likeness (QED) is 0.515. The van der Waals surface area contributed by atoms with Crippen LogP contribution in [0.2, 0.25) is 0 Å². The summed E-state index contributed by atoms with van der Waals surface area (Å²) in [6.07, 6.45) is 2.93. The molecule has 1 aliphatic heterocycles. The second-order valence-corrected chi connectivity index (χ2v) is 2.89. The molecule has 0 aromatic rings. The highest BCUT2D eigenvalue weighted by Gasteiger charge is 2.16. The molecule has 0 saturated heterocycles. The Kier molecular flexibility index (Phi) is 3.25. The molecule has 0 aromatic carbocycles. The van der Waals surface area contributed by atoms with Gasteiger partial charge in [-0.15, -0.1) is 0 Å². The fraction of sp³-hybridized carbons (Fsp3) is 0.625. The van der Waals surface area contributed by atoms with Crippen molar-refractivity contribution in [3.63, 3.8) is 0 Å². The van der Waals surface area contributed by atoms with Crippen molar-refractivity contribution in [2.45, 2.75) is 18.9 Å². The fourth-order valence-corrected chi connectivity index (χ4v) is 1.10. The maximum Gasteiger partial charge on any atom is 0.175 e. The molecule has 0 aromatic heterocycles. The second kappa shape index (κ2) is 4.23. The van der Waals surface area contributed by atoms with Crippen molar-refractivity contribution < 1.29 is 9.90 Å². The summed E-state index contributed by atoms with van der Waals surface area (Å²) in [5, 5.41) is 11.6. The van der Waals surface area contributed by atoms with Gasteiger partial charge in [0.25, 0.3) is 0 Å². The topological polar surface area (TPSA) is 75.3 Å². The Hall–Kier alpha value is -0.870. The number of rotatable bonds is 3. The third-order valence-electron chi connectivity index (χ3n) is 1.84. The van der Waals surface area contributed by atoms with Crippen molar-refractivity contribution in [2.75, 3.05) is 13.2 Å². The van der Waals surface area contributed by atoms with Gasteiger partial charge in [0.15, 0.2) is 5.78 Å². The van der Waals surface area contributed by atoms with Crippen molar-refractivity contribution in [3.8, 4) is 0 Å². The van der Waals surface area contributed by atoms with E-state index in [4.69, 9.17) is 10.8 Å². The Labute approximate surface area is 71.4 Å². The first-order valence-electron chi connectivity index (χ1n) is 4.09. The third-order valence-corrected chi connectivity index (χ3v) is 1.84. The highest BCUT2D eigenvalue weighted by Crippen LogP contribution is 2.05. The Bertz CT molecular complexity index is 201. The normalized spacial score (nSPS) is 23.3. The van der Waals surface area contributed by atoms with Gasteiger partial charge in [0.1, 0.15) is 0 Å². The number of ketones is 1. The van der Waals surface area contributed by atoms with Crippen LogP contribution in [0.25, 0.3) is 0 Å². The van der Waals surface area contributed by atoms with Crippen molar-refractivity contribution in [1.29, 1.82) is 0 Å². The van der Waals surface area contributed by atoms with Crippen LogP contribution < -0.4 is 11.1 Å². The zero-order valence-electron chi connectivity index (χ0n) is 6.92. The van der Waals surface area contributed by atoms with E-state index < -0.39 is 6.04 Å². The fourth-order valence-electron chi connectivity index (χ4n) is 1.10. The van der Waals surface area contributed by atoms with E-state index in [1.807, 2.05) is 0 Å². The number of carbonyl (C=O) groups excluding carboxylic acids is 1. The van der Waals surface area contributed by atoms with Crippen LogP contribution in [0.15, 0.2) is 11.8 Å². The van der Waals surface area contributed by atoms with Gasteiger partial charge in [-0.25, -0.2) is 0 Å². The molecule has 0 saturated carbocycles. The lowest BCUT2D eigenvalue weighted by molar-refractivity contribution is -0.116. The van der Waals surface area contributed by atoms with E-state index in [1.165, 1.54) is 6.08 Å². The molecule has 0 unspecified atom stereocenters. The number of hydrogen-bond acceptors (Lipinski definition) is 4. The van der Waals surface area contributed by atoms with E-state index in [9.17, 15) is 4.79 Å². The van der Waals surface area contributed by atoms with Crippen LogP contribution in [0.3, 0.4) is 0 Å². The Balaban J connectivity index is 2.45. The summed E-state index contributed by atoms with van der Waals surface area (Å²) >= 11 is 0. The van der Waals surface area contributed by atoms with Crippen molar-refractivity contribution in [2.24, 2.45) is 5.73 Å². The van der Waals surface area contributed by atoms with Gasteiger partial charge in [0.05, 0.1) is 6.04 Å². The van der Waals surface area contributed by atoms with Crippen LogP contribution in [-0.2, 0) is 4.79 Å². The lowest BCUT2D eigenvalue weighted by Gasteiger charge is -2.19. The van der Waals surface area contributed by atoms with Gasteiger partial charge in [-0.1, -0.05) is 0 Å². The van der Waals surface area contributed by atoms with E-state index in [-0.39, 0.29) is 12.4 Å². The standard InChI is InChI=1S/C8H14N2O2/c9-7-5-10-6(2-1-3-11)4-8(7)12/h4,7,10-11H,1-3,5,9H2/t7-/m0/s1. The molecule has 1 heterocycles. The Morgan fingerprint density at radius 2 is 2.50 bits per heavy atom. The van der Waals surface area contributed by atoms with Crippen molar-refractivity contribution in [3.05, 3.63) is 11.8 Å². The summed E-state index contributed by atoms with van der Waals surface area (Å²) in [6, 6.07) is -0.400. The van der Waals surface area contributed by atoms with Gasteiger partial charge >= 0.3 is 0 Å². The summed E-state index contributed by atoms with van der Waals surface area (Å²) in [5.74, 6) is -0.0262. The number of nitrogens with one attached hydrogen (secondary N) is 1. The number of hydrogen-bond donors (Lipinski definition) is 3. The Morgan fingerprint density at radius 3 is 3.08 bits per heavy atom. The minimum absolute atomic E-state index is 0.0262. The van der Waals surface area contributed by atoms with Crippen LogP contribution in [0.5, 0.6) is 0 Å². The molecule has 0 spiro atoms. The van der Waals surface area contributed by atoms with Crippen LogP contribution in [0.1, 0.15) is 12.8 Å². The molecule has 1 aliphatic rings. The highest BCUT2D eigenvalue weighted by molar-refractivity contribution is 5.95. The average Bonchev–Trinajstić information content (AvgIpc) is 2.07. The third kappa shape index (κ3) is 2.32. The van der Waals surface area contributed by atoms with Crippen LogP contribution >= 0.6 is 0 Å². The Morgan fingerprint density at radius 1 is 1.75 bits per heavy atom. The molecule has 1 atom stereocenters. The van der Waals surface area contributed by atoms with Gasteiger partial charge in [0, 0.05) is 24.9 Å². The molecule has 4 N–H and O–H groups in total. The first-order valence-corrected chi connectivity index (χ1v) is 4.09. The zero-order chi connectivity index (χ0) is 8.97. The highest BCUT2D eigenvalue weighted by atomic mass is 16.2. The monoisotopic (exact) mass is 170 g/mol. The first-order chi connectivity index (χ1) is 5.74. The van der Waals surface area contributed by atoms with E-state index in [0.717, 1.165) is 12.1 Å². The predicted molar refractivity (Wildman–Crippen MR) is 45.4 cm³/mol. The number of allylic oxidation sites excluding steroid dienone is 1. The largest absolute Gasteiger partial charge is 0.396 e. The molecule has 0 fully saturated rings. The maximum atomic E-state index is 11.1. The van der Waals surface area contributed by atoms with Crippen molar-refractivity contribution in [1.82, 2.24) is 5.32 Å². The summed E-state index contributed by atoms with van der Waals surface area (Å²) in [6.45, 7) is 0.662. The minimum Gasteiger partial charge on any atom is -0.396 e. The van der Waals surface area contributed by atoms with Gasteiger partial charge in [0.2, 0.25) is 0 Å². The average molecular weight is 170 g/mol. The molecule has 1 rings (SSSR count). The summed E-state index contributed by atoms with van der Waals surface area (Å²) < 4.78 is 0. The van der Waals surface area contributed by atoms with E-state index in [1.54, 1.807) is 0 Å². The zero-order valence-corrected chi connectivity index (χ0v) is 6.92. The molecule has 0 bridgehead atoms. The smallest absolute Gasteiger partial charge is 0.175 e. The minimum atomic E-state index is -0.400. The van der Waals surface area contributed by atoms with Crippen LogP contribution in [0, 0.1) is 0 Å². The molecule has 4 nitrogen and oxygen atoms in total. The molecule has 0 aliphatic carbocycles. The predicted octanol–water partition coefficient (Wildman–Crippen LogP) is -0.858. The van der Waals surface area contributed by atoms with Gasteiger partial charge < -0.3 is 16.2 Å². The summed E-state index contributed by atoms with van der Waals surface area (Å²) in [4.78, 5) is 11.1. The summed E-state index contributed by atoms with van der Waals surface area (Å²) in [7, 11) is 0. The van der Waals surface area contributed by atoms with Crippen LogP contribution in [0.4, 0.5) is 0 Å². The molecule has 68 valence electrons. The number of aliphatic hydroxyl groups excluding tert-OH is 1. The van der Waals surface area contributed by atoms with E-state index in [0.29, 0.717) is 13.0 Å². The van der Waals surface area contributed by atoms with Crippen molar-refractivity contribution >= 4 is 5.78 Å². The molecule has 12 heavy (non-hydrogen) atoms. The molecular formula is C8H14N2O2. The number of aliphatic hydroxyl groups is 1. The molecular weight excluding hydrogens is 156 g/mol. The lowest BCUT2D eigenvalue weighted by atomic mass is 10.1. The second-order valence-electron chi connectivity index (χ2n) is 2.89. The van der Waals surface area contributed by atoms with Gasteiger partial charge in [-0.2, -0.15) is 0 Å². The van der Waals surface area contributed by atoms with Crippen LogP contribution in [-0.4, -0.2) is 30.1 Å².